The Balaban J connectivity index is 1.95. The summed E-state index contributed by atoms with van der Waals surface area (Å²) in [6, 6.07) is 1.97. The molecule has 0 unspecified atom stereocenters. The van der Waals surface area contributed by atoms with Gasteiger partial charge in [0.05, 0.1) is 25.7 Å². The zero-order valence-corrected chi connectivity index (χ0v) is 17.1. The molecule has 2 heterocycles. The maximum Gasteiger partial charge on any atom is 0.358 e. The molecule has 8 nitrogen and oxygen atoms in total. The molecule has 0 N–H and O–H groups in total. The quantitative estimate of drug-likeness (QED) is 0.599. The van der Waals surface area contributed by atoms with E-state index in [0.717, 1.165) is 31.4 Å². The first-order valence-corrected chi connectivity index (χ1v) is 10.2. The Morgan fingerprint density at radius 1 is 1.07 bits per heavy atom. The van der Waals surface area contributed by atoms with Crippen LogP contribution in [0.4, 0.5) is 0 Å². The molecule has 1 aromatic rings. The molecule has 156 valence electrons. The number of carbonyl (C=O) groups is 3. The lowest BCUT2D eigenvalue weighted by molar-refractivity contribution is -0.146. The van der Waals surface area contributed by atoms with Gasteiger partial charge < -0.3 is 14.4 Å². The molecule has 0 spiro atoms. The van der Waals surface area contributed by atoms with Gasteiger partial charge in [-0.3, -0.25) is 14.3 Å². The molecular formula is C20H31N3O5. The van der Waals surface area contributed by atoms with Crippen molar-refractivity contribution in [1.82, 2.24) is 14.7 Å². The first-order chi connectivity index (χ1) is 13.5. The number of nitrogens with zero attached hydrogens (tertiary/aromatic N) is 3. The van der Waals surface area contributed by atoms with E-state index >= 15 is 0 Å². The summed E-state index contributed by atoms with van der Waals surface area (Å²) in [7, 11) is 0. The summed E-state index contributed by atoms with van der Waals surface area (Å²) < 4.78 is 11.9. The highest BCUT2D eigenvalue weighted by molar-refractivity contribution is 5.87. The van der Waals surface area contributed by atoms with Gasteiger partial charge in [-0.25, -0.2) is 4.79 Å². The van der Waals surface area contributed by atoms with Crippen molar-refractivity contribution in [2.45, 2.75) is 65.3 Å². The molecule has 1 fully saturated rings. The van der Waals surface area contributed by atoms with Gasteiger partial charge in [0.25, 0.3) is 0 Å². The highest BCUT2D eigenvalue weighted by atomic mass is 16.5. The number of carbonyl (C=O) groups excluding carboxylic acids is 3. The van der Waals surface area contributed by atoms with Gasteiger partial charge in [-0.1, -0.05) is 13.3 Å². The van der Waals surface area contributed by atoms with E-state index in [4.69, 9.17) is 9.47 Å². The normalized spacial score (nSPS) is 14.8. The van der Waals surface area contributed by atoms with Gasteiger partial charge in [0.2, 0.25) is 5.91 Å². The largest absolute Gasteiger partial charge is 0.466 e. The third kappa shape index (κ3) is 5.81. The summed E-state index contributed by atoms with van der Waals surface area (Å²) >= 11 is 0. The van der Waals surface area contributed by atoms with E-state index in [1.807, 2.05) is 10.7 Å². The number of ether oxygens (including phenoxy) is 2. The van der Waals surface area contributed by atoms with E-state index in [9.17, 15) is 14.4 Å². The molecule has 1 aliphatic heterocycles. The predicted octanol–water partition coefficient (Wildman–Crippen LogP) is 2.52. The summed E-state index contributed by atoms with van der Waals surface area (Å²) in [6.07, 6.45) is 3.64. The van der Waals surface area contributed by atoms with Crippen LogP contribution in [0.1, 0.15) is 75.1 Å². The fourth-order valence-electron chi connectivity index (χ4n) is 3.46. The van der Waals surface area contributed by atoms with Crippen molar-refractivity contribution >= 4 is 17.8 Å². The van der Waals surface area contributed by atoms with Crippen molar-refractivity contribution < 1.29 is 23.9 Å². The molecular weight excluding hydrogens is 362 g/mol. The summed E-state index contributed by atoms with van der Waals surface area (Å²) in [5, 5.41) is 4.50. The molecule has 2 rings (SSSR count). The monoisotopic (exact) mass is 393 g/mol. The first-order valence-electron chi connectivity index (χ1n) is 10.2. The SMILES string of the molecule is CCCc1cc(C(=O)OCC)nn1C1CCN(C(=O)CCC(=O)OCC)CC1. The highest BCUT2D eigenvalue weighted by Gasteiger charge is 2.27. The summed E-state index contributed by atoms with van der Waals surface area (Å²) in [5.74, 6) is -0.754. The number of piperidine rings is 1. The molecule has 0 radical (unpaired) electrons. The Bertz CT molecular complexity index is 677. The fourth-order valence-corrected chi connectivity index (χ4v) is 3.46. The van der Waals surface area contributed by atoms with E-state index in [1.165, 1.54) is 0 Å². The number of hydrogen-bond acceptors (Lipinski definition) is 6. The zero-order valence-electron chi connectivity index (χ0n) is 17.1. The van der Waals surface area contributed by atoms with Crippen molar-refractivity contribution in [2.75, 3.05) is 26.3 Å². The topological polar surface area (TPSA) is 90.7 Å². The minimum absolute atomic E-state index is 0.0204. The minimum atomic E-state index is -0.398. The average molecular weight is 393 g/mol. The van der Waals surface area contributed by atoms with Crippen LogP contribution in [0.15, 0.2) is 6.07 Å². The van der Waals surface area contributed by atoms with E-state index in [2.05, 4.69) is 12.0 Å². The van der Waals surface area contributed by atoms with Gasteiger partial charge in [0.1, 0.15) is 0 Å². The molecule has 1 saturated heterocycles. The Labute approximate surface area is 166 Å². The summed E-state index contributed by atoms with van der Waals surface area (Å²) in [5.41, 5.74) is 1.37. The lowest BCUT2D eigenvalue weighted by atomic mass is 10.0. The molecule has 1 aromatic heterocycles. The third-order valence-electron chi connectivity index (χ3n) is 4.82. The minimum Gasteiger partial charge on any atom is -0.466 e. The molecule has 0 saturated carbocycles. The molecule has 0 atom stereocenters. The van der Waals surface area contributed by atoms with Crippen LogP contribution in [0.25, 0.3) is 0 Å². The molecule has 0 bridgehead atoms. The molecule has 8 heteroatoms. The van der Waals surface area contributed by atoms with E-state index in [-0.39, 0.29) is 30.8 Å². The van der Waals surface area contributed by atoms with Crippen molar-refractivity contribution in [1.29, 1.82) is 0 Å². The second-order valence-corrected chi connectivity index (χ2v) is 6.85. The number of aryl methyl sites for hydroxylation is 1. The number of aromatic nitrogens is 2. The molecule has 1 aliphatic rings. The predicted molar refractivity (Wildman–Crippen MR) is 103 cm³/mol. The number of esters is 2. The number of likely N-dealkylation sites (tertiary alicyclic amines) is 1. The Morgan fingerprint density at radius 3 is 2.36 bits per heavy atom. The Kier molecular flexibility index (Phi) is 8.47. The van der Waals surface area contributed by atoms with Gasteiger partial charge in [-0.05, 0) is 39.2 Å². The van der Waals surface area contributed by atoms with Crippen molar-refractivity contribution in [3.8, 4) is 0 Å². The van der Waals surface area contributed by atoms with Crippen LogP contribution in [0.3, 0.4) is 0 Å². The number of amides is 1. The van der Waals surface area contributed by atoms with Crippen LogP contribution in [-0.2, 0) is 25.5 Å². The van der Waals surface area contributed by atoms with Crippen LogP contribution >= 0.6 is 0 Å². The maximum absolute atomic E-state index is 12.3. The fraction of sp³-hybridized carbons (Fsp3) is 0.700. The first kappa shape index (κ1) is 21.9. The highest BCUT2D eigenvalue weighted by Crippen LogP contribution is 2.25. The zero-order chi connectivity index (χ0) is 20.5. The van der Waals surface area contributed by atoms with Gasteiger partial charge >= 0.3 is 11.9 Å². The molecule has 0 aliphatic carbocycles. The van der Waals surface area contributed by atoms with Gasteiger partial charge in [-0.2, -0.15) is 5.10 Å². The average Bonchev–Trinajstić information content (AvgIpc) is 3.11. The van der Waals surface area contributed by atoms with Crippen LogP contribution in [0.5, 0.6) is 0 Å². The lowest BCUT2D eigenvalue weighted by Gasteiger charge is -2.33. The van der Waals surface area contributed by atoms with Crippen molar-refractivity contribution in [3.63, 3.8) is 0 Å². The maximum atomic E-state index is 12.3. The van der Waals surface area contributed by atoms with E-state index < -0.39 is 5.97 Å². The standard InChI is InChI=1S/C20H31N3O5/c1-4-7-16-14-17(20(26)28-6-3)21-23(16)15-10-12-22(13-11-15)18(24)8-9-19(25)27-5-2/h14-15H,4-13H2,1-3H3. The Hall–Kier alpha value is -2.38. The second-order valence-electron chi connectivity index (χ2n) is 6.85. The van der Waals surface area contributed by atoms with Crippen LogP contribution < -0.4 is 0 Å². The number of rotatable bonds is 9. The van der Waals surface area contributed by atoms with Crippen LogP contribution in [0.2, 0.25) is 0 Å². The summed E-state index contributed by atoms with van der Waals surface area (Å²) in [4.78, 5) is 37.6. The summed E-state index contributed by atoms with van der Waals surface area (Å²) in [6.45, 7) is 7.50. The molecule has 0 aromatic carbocycles. The van der Waals surface area contributed by atoms with E-state index in [1.54, 1.807) is 18.7 Å². The van der Waals surface area contributed by atoms with Crippen LogP contribution in [-0.4, -0.2) is 58.8 Å². The van der Waals surface area contributed by atoms with Gasteiger partial charge in [0.15, 0.2) is 5.69 Å². The Morgan fingerprint density at radius 2 is 1.75 bits per heavy atom. The van der Waals surface area contributed by atoms with Crippen molar-refractivity contribution in [3.05, 3.63) is 17.5 Å². The number of hydrogen-bond donors (Lipinski definition) is 0. The molecule has 28 heavy (non-hydrogen) atoms. The van der Waals surface area contributed by atoms with Crippen molar-refractivity contribution in [2.24, 2.45) is 0 Å². The lowest BCUT2D eigenvalue weighted by Crippen LogP contribution is -2.39. The second kappa shape index (κ2) is 10.8. The van der Waals surface area contributed by atoms with Gasteiger partial charge in [0, 0.05) is 25.2 Å². The van der Waals surface area contributed by atoms with E-state index in [0.29, 0.717) is 32.0 Å². The third-order valence-corrected chi connectivity index (χ3v) is 4.82. The van der Waals surface area contributed by atoms with Crippen LogP contribution in [0, 0.1) is 0 Å². The van der Waals surface area contributed by atoms with Gasteiger partial charge in [-0.15, -0.1) is 0 Å². The smallest absolute Gasteiger partial charge is 0.358 e. The molecule has 1 amide bonds.